The van der Waals surface area contributed by atoms with E-state index in [1.807, 2.05) is 0 Å². The maximum absolute atomic E-state index is 2.55. The largest absolute Gasteiger partial charge is 0.358 e. The lowest BCUT2D eigenvalue weighted by atomic mass is 9.99. The second-order valence-corrected chi connectivity index (χ2v) is 4.17. The van der Waals surface area contributed by atoms with Crippen LogP contribution in [0.3, 0.4) is 0 Å². The summed E-state index contributed by atoms with van der Waals surface area (Å²) in [5.74, 6) is 0. The normalized spacial score (nSPS) is 27.9. The van der Waals surface area contributed by atoms with E-state index in [-0.39, 0.29) is 0 Å². The summed E-state index contributed by atoms with van der Waals surface area (Å²) in [7, 11) is 0. The molecule has 0 radical (unpaired) electrons. The summed E-state index contributed by atoms with van der Waals surface area (Å²) < 4.78 is 0. The van der Waals surface area contributed by atoms with Crippen molar-refractivity contribution in [1.82, 2.24) is 4.90 Å². The van der Waals surface area contributed by atoms with Crippen molar-refractivity contribution in [2.24, 2.45) is 0 Å². The highest BCUT2D eigenvalue weighted by molar-refractivity contribution is 5.45. The molecule has 2 atom stereocenters. The quantitative estimate of drug-likeness (QED) is 0.648. The fourth-order valence-corrected chi connectivity index (χ4v) is 2.79. The maximum atomic E-state index is 2.55. The number of nitrogens with zero attached hydrogens (tertiary/aromatic N) is 1. The molecule has 2 aliphatic rings. The first kappa shape index (κ1) is 8.10. The number of benzene rings is 1. The second-order valence-electron chi connectivity index (χ2n) is 4.17. The van der Waals surface area contributed by atoms with Crippen LogP contribution in [-0.4, -0.2) is 4.90 Å². The Kier molecular flexibility index (Phi) is 1.52. The standard InChI is InChI=1S/C13H15N/c1-3-10-8-13-12-7-5-4-6-11(12)9(2)14(10)13/h4-9,13H,3H2,1-2H3. The van der Waals surface area contributed by atoms with Crippen molar-refractivity contribution < 1.29 is 0 Å². The number of hydrogen-bond acceptors (Lipinski definition) is 1. The average Bonchev–Trinajstić information content (AvgIpc) is 2.37. The summed E-state index contributed by atoms with van der Waals surface area (Å²) >= 11 is 0. The van der Waals surface area contributed by atoms with Crippen LogP contribution in [0.2, 0.25) is 0 Å². The molecule has 3 rings (SSSR count). The molecule has 2 heterocycles. The van der Waals surface area contributed by atoms with Crippen LogP contribution in [0.15, 0.2) is 36.0 Å². The van der Waals surface area contributed by atoms with Gasteiger partial charge in [-0.1, -0.05) is 31.2 Å². The van der Waals surface area contributed by atoms with Crippen molar-refractivity contribution in [3.8, 4) is 0 Å². The zero-order chi connectivity index (χ0) is 9.71. The molecule has 0 bridgehead atoms. The number of rotatable bonds is 1. The molecule has 0 aromatic heterocycles. The van der Waals surface area contributed by atoms with Gasteiger partial charge in [0.05, 0.1) is 12.1 Å². The van der Waals surface area contributed by atoms with Crippen LogP contribution in [0, 0.1) is 0 Å². The number of allylic oxidation sites excluding steroid dienone is 1. The SMILES string of the molecule is CCC1=CC2c3ccccc3C(C)N12. The number of fused-ring (bicyclic) bond motifs is 3. The van der Waals surface area contributed by atoms with E-state index in [9.17, 15) is 0 Å². The molecule has 1 aromatic rings. The van der Waals surface area contributed by atoms with E-state index in [1.54, 1.807) is 0 Å². The minimum absolute atomic E-state index is 0.580. The van der Waals surface area contributed by atoms with Crippen molar-refractivity contribution in [1.29, 1.82) is 0 Å². The van der Waals surface area contributed by atoms with E-state index < -0.39 is 0 Å². The van der Waals surface area contributed by atoms with E-state index in [0.29, 0.717) is 12.1 Å². The van der Waals surface area contributed by atoms with Gasteiger partial charge in [-0.25, -0.2) is 0 Å². The Bertz CT molecular complexity index is 405. The molecule has 1 nitrogen and oxygen atoms in total. The fourth-order valence-electron chi connectivity index (χ4n) is 2.79. The Morgan fingerprint density at radius 1 is 1.21 bits per heavy atom. The summed E-state index contributed by atoms with van der Waals surface area (Å²) in [5, 5.41) is 0. The molecule has 2 unspecified atom stereocenters. The molecule has 0 aliphatic carbocycles. The third-order valence-electron chi connectivity index (χ3n) is 3.53. The van der Waals surface area contributed by atoms with Crippen LogP contribution < -0.4 is 0 Å². The van der Waals surface area contributed by atoms with Crippen molar-refractivity contribution in [3.63, 3.8) is 0 Å². The highest BCUT2D eigenvalue weighted by Gasteiger charge is 2.40. The van der Waals surface area contributed by atoms with Gasteiger partial charge in [0.2, 0.25) is 0 Å². The summed E-state index contributed by atoms with van der Waals surface area (Å²) in [6, 6.07) is 9.98. The lowest BCUT2D eigenvalue weighted by Crippen LogP contribution is -2.31. The summed E-state index contributed by atoms with van der Waals surface area (Å²) in [6.07, 6.45) is 3.57. The van der Waals surface area contributed by atoms with Crippen molar-refractivity contribution >= 4 is 0 Å². The molecular formula is C13H15N. The molecule has 0 amide bonds. The highest BCUT2D eigenvalue weighted by atomic mass is 15.3. The molecular weight excluding hydrogens is 170 g/mol. The zero-order valence-electron chi connectivity index (χ0n) is 8.70. The first-order chi connectivity index (χ1) is 6.83. The van der Waals surface area contributed by atoms with Crippen LogP contribution >= 0.6 is 0 Å². The Morgan fingerprint density at radius 3 is 2.64 bits per heavy atom. The third-order valence-corrected chi connectivity index (χ3v) is 3.53. The van der Waals surface area contributed by atoms with Crippen molar-refractivity contribution in [3.05, 3.63) is 47.2 Å². The summed E-state index contributed by atoms with van der Waals surface area (Å²) in [6.45, 7) is 4.54. The number of hydrogen-bond donors (Lipinski definition) is 0. The average molecular weight is 185 g/mol. The third kappa shape index (κ3) is 0.802. The van der Waals surface area contributed by atoms with Gasteiger partial charge in [-0.2, -0.15) is 0 Å². The van der Waals surface area contributed by atoms with Gasteiger partial charge in [-0.05, 0) is 30.5 Å². The van der Waals surface area contributed by atoms with Crippen LogP contribution in [0.5, 0.6) is 0 Å². The van der Waals surface area contributed by atoms with E-state index in [4.69, 9.17) is 0 Å². The highest BCUT2D eigenvalue weighted by Crippen LogP contribution is 2.51. The zero-order valence-corrected chi connectivity index (χ0v) is 8.70. The van der Waals surface area contributed by atoms with Crippen molar-refractivity contribution in [2.75, 3.05) is 0 Å². The Balaban J connectivity index is 2.08. The van der Waals surface area contributed by atoms with Gasteiger partial charge in [0.15, 0.2) is 0 Å². The molecule has 0 saturated carbocycles. The first-order valence-corrected chi connectivity index (χ1v) is 5.40. The van der Waals surface area contributed by atoms with Crippen molar-refractivity contribution in [2.45, 2.75) is 32.4 Å². The minimum atomic E-state index is 0.580. The minimum Gasteiger partial charge on any atom is -0.358 e. The van der Waals surface area contributed by atoms with Gasteiger partial charge in [-0.3, -0.25) is 0 Å². The van der Waals surface area contributed by atoms with Gasteiger partial charge < -0.3 is 4.90 Å². The molecule has 1 heteroatoms. The van der Waals surface area contributed by atoms with Crippen LogP contribution in [-0.2, 0) is 0 Å². The lowest BCUT2D eigenvalue weighted by Gasteiger charge is -2.39. The van der Waals surface area contributed by atoms with Gasteiger partial charge >= 0.3 is 0 Å². The molecule has 0 saturated heterocycles. The van der Waals surface area contributed by atoms with E-state index in [1.165, 1.54) is 16.8 Å². The van der Waals surface area contributed by atoms with Crippen LogP contribution in [0.1, 0.15) is 43.5 Å². The topological polar surface area (TPSA) is 3.24 Å². The van der Waals surface area contributed by atoms with E-state index >= 15 is 0 Å². The molecule has 2 aliphatic heterocycles. The molecule has 0 N–H and O–H groups in total. The summed E-state index contributed by atoms with van der Waals surface area (Å²) in [4.78, 5) is 2.55. The smallest absolute Gasteiger partial charge is 0.0752 e. The van der Waals surface area contributed by atoms with Crippen LogP contribution in [0.4, 0.5) is 0 Å². The fraction of sp³-hybridized carbons (Fsp3) is 0.385. The Morgan fingerprint density at radius 2 is 1.93 bits per heavy atom. The van der Waals surface area contributed by atoms with Crippen LogP contribution in [0.25, 0.3) is 0 Å². The van der Waals surface area contributed by atoms with E-state index in [0.717, 1.165) is 6.42 Å². The summed E-state index contributed by atoms with van der Waals surface area (Å²) in [5.41, 5.74) is 4.54. The predicted molar refractivity (Wildman–Crippen MR) is 57.8 cm³/mol. The Hall–Kier alpha value is -1.24. The molecule has 72 valence electrons. The molecule has 0 fully saturated rings. The molecule has 1 aromatic carbocycles. The second kappa shape index (κ2) is 2.63. The monoisotopic (exact) mass is 185 g/mol. The lowest BCUT2D eigenvalue weighted by molar-refractivity contribution is 0.211. The maximum Gasteiger partial charge on any atom is 0.0752 e. The van der Waals surface area contributed by atoms with E-state index in [2.05, 4.69) is 49.1 Å². The van der Waals surface area contributed by atoms with Gasteiger partial charge in [-0.15, -0.1) is 0 Å². The van der Waals surface area contributed by atoms with Gasteiger partial charge in [0.1, 0.15) is 0 Å². The predicted octanol–water partition coefficient (Wildman–Crippen LogP) is 3.41. The van der Waals surface area contributed by atoms with Gasteiger partial charge in [0, 0.05) is 5.70 Å². The van der Waals surface area contributed by atoms with Gasteiger partial charge in [0.25, 0.3) is 0 Å². The molecule has 0 spiro atoms. The molecule has 14 heavy (non-hydrogen) atoms. The Labute approximate surface area is 85.0 Å². The first-order valence-electron chi connectivity index (χ1n) is 5.40.